The second kappa shape index (κ2) is 6.53. The summed E-state index contributed by atoms with van der Waals surface area (Å²) in [6, 6.07) is 14.4. The molecule has 0 heterocycles. The molecule has 0 saturated carbocycles. The number of aryl methyl sites for hydroxylation is 1. The van der Waals surface area contributed by atoms with Gasteiger partial charge in [-0.1, -0.05) is 47.5 Å². The zero-order valence-electron chi connectivity index (χ0n) is 10.7. The molecule has 100 valence electrons. The van der Waals surface area contributed by atoms with Crippen molar-refractivity contribution in [3.63, 3.8) is 0 Å². The van der Waals surface area contributed by atoms with E-state index in [4.69, 9.17) is 17.4 Å². The van der Waals surface area contributed by atoms with Crippen LogP contribution in [0.1, 0.15) is 22.7 Å². The first-order chi connectivity index (χ1) is 9.10. The molecule has 2 nitrogen and oxygen atoms in total. The third-order valence-electron chi connectivity index (χ3n) is 3.11. The Hall–Kier alpha value is -0.870. The standard InChI is InChI=1S/C15H16BrClN2/c1-10-2-4-11(5-3-10)8-15(19-18)12-6-7-13(16)14(17)9-12/h2-7,9,15,19H,8,18H2,1H3. The normalized spacial score (nSPS) is 12.4. The Balaban J connectivity index is 2.19. The van der Waals surface area contributed by atoms with Gasteiger partial charge in [0.1, 0.15) is 0 Å². The molecule has 0 aliphatic rings. The van der Waals surface area contributed by atoms with E-state index in [0.717, 1.165) is 16.5 Å². The first-order valence-corrected chi connectivity index (χ1v) is 7.24. The van der Waals surface area contributed by atoms with Crippen LogP contribution < -0.4 is 11.3 Å². The predicted molar refractivity (Wildman–Crippen MR) is 84.1 cm³/mol. The maximum atomic E-state index is 6.12. The Morgan fingerprint density at radius 1 is 1.21 bits per heavy atom. The Morgan fingerprint density at radius 2 is 1.89 bits per heavy atom. The van der Waals surface area contributed by atoms with Gasteiger partial charge in [0.25, 0.3) is 0 Å². The van der Waals surface area contributed by atoms with Crippen molar-refractivity contribution in [2.24, 2.45) is 5.84 Å². The van der Waals surface area contributed by atoms with Crippen LogP contribution in [0.5, 0.6) is 0 Å². The van der Waals surface area contributed by atoms with Crippen LogP contribution >= 0.6 is 27.5 Å². The van der Waals surface area contributed by atoms with Gasteiger partial charge in [-0.15, -0.1) is 0 Å². The second-order valence-corrected chi connectivity index (χ2v) is 5.84. The number of nitrogens with two attached hydrogens (primary N) is 1. The highest BCUT2D eigenvalue weighted by Gasteiger charge is 2.12. The van der Waals surface area contributed by atoms with Crippen LogP contribution in [0.2, 0.25) is 5.02 Å². The summed E-state index contributed by atoms with van der Waals surface area (Å²) in [4.78, 5) is 0. The third kappa shape index (κ3) is 3.80. The summed E-state index contributed by atoms with van der Waals surface area (Å²) in [5, 5.41) is 0.696. The fourth-order valence-corrected chi connectivity index (χ4v) is 2.40. The van der Waals surface area contributed by atoms with Crippen molar-refractivity contribution >= 4 is 27.5 Å². The van der Waals surface area contributed by atoms with Crippen LogP contribution in [0, 0.1) is 6.92 Å². The van der Waals surface area contributed by atoms with Crippen molar-refractivity contribution in [2.75, 3.05) is 0 Å². The van der Waals surface area contributed by atoms with E-state index in [2.05, 4.69) is 52.5 Å². The quantitative estimate of drug-likeness (QED) is 0.648. The summed E-state index contributed by atoms with van der Waals surface area (Å²) in [6.45, 7) is 2.08. The molecule has 2 aromatic rings. The van der Waals surface area contributed by atoms with Crippen LogP contribution in [-0.4, -0.2) is 0 Å². The molecule has 1 atom stereocenters. The Morgan fingerprint density at radius 3 is 2.47 bits per heavy atom. The molecule has 2 aromatic carbocycles. The van der Waals surface area contributed by atoms with E-state index in [1.54, 1.807) is 0 Å². The number of benzene rings is 2. The van der Waals surface area contributed by atoms with Crippen molar-refractivity contribution in [3.05, 3.63) is 68.7 Å². The molecule has 1 unspecified atom stereocenters. The van der Waals surface area contributed by atoms with E-state index >= 15 is 0 Å². The van der Waals surface area contributed by atoms with E-state index in [1.165, 1.54) is 11.1 Å². The molecule has 0 aromatic heterocycles. The SMILES string of the molecule is Cc1ccc(CC(NN)c2ccc(Br)c(Cl)c2)cc1. The number of nitrogens with one attached hydrogen (secondary N) is 1. The summed E-state index contributed by atoms with van der Waals surface area (Å²) in [5.41, 5.74) is 6.43. The molecule has 4 heteroatoms. The molecular formula is C15H16BrClN2. The van der Waals surface area contributed by atoms with Crippen LogP contribution in [0.25, 0.3) is 0 Å². The lowest BCUT2D eigenvalue weighted by molar-refractivity contribution is 0.552. The highest BCUT2D eigenvalue weighted by Crippen LogP contribution is 2.27. The summed E-state index contributed by atoms with van der Waals surface area (Å²) in [7, 11) is 0. The highest BCUT2D eigenvalue weighted by molar-refractivity contribution is 9.10. The molecule has 0 saturated heterocycles. The summed E-state index contributed by atoms with van der Waals surface area (Å²) in [6.07, 6.45) is 0.828. The molecule has 0 amide bonds. The van der Waals surface area contributed by atoms with Gasteiger partial charge in [0, 0.05) is 4.47 Å². The summed E-state index contributed by atoms with van der Waals surface area (Å²) >= 11 is 9.51. The van der Waals surface area contributed by atoms with Gasteiger partial charge in [-0.3, -0.25) is 11.3 Å². The summed E-state index contributed by atoms with van der Waals surface area (Å²) in [5.74, 6) is 5.67. The molecule has 0 bridgehead atoms. The van der Waals surface area contributed by atoms with Gasteiger partial charge >= 0.3 is 0 Å². The van der Waals surface area contributed by atoms with E-state index in [-0.39, 0.29) is 6.04 Å². The van der Waals surface area contributed by atoms with Gasteiger partial charge in [0.05, 0.1) is 11.1 Å². The molecule has 0 spiro atoms. The van der Waals surface area contributed by atoms with Crippen LogP contribution in [0.15, 0.2) is 46.9 Å². The topological polar surface area (TPSA) is 38.0 Å². The summed E-state index contributed by atoms with van der Waals surface area (Å²) < 4.78 is 0.893. The zero-order chi connectivity index (χ0) is 13.8. The van der Waals surface area contributed by atoms with Crippen molar-refractivity contribution in [1.82, 2.24) is 5.43 Å². The van der Waals surface area contributed by atoms with Crippen LogP contribution in [-0.2, 0) is 6.42 Å². The van der Waals surface area contributed by atoms with Gasteiger partial charge in [0.15, 0.2) is 0 Å². The molecule has 0 radical (unpaired) electrons. The van der Waals surface area contributed by atoms with Crippen LogP contribution in [0.4, 0.5) is 0 Å². The minimum atomic E-state index is 0.0494. The van der Waals surface area contributed by atoms with E-state index in [1.807, 2.05) is 18.2 Å². The lowest BCUT2D eigenvalue weighted by Crippen LogP contribution is -2.29. The van der Waals surface area contributed by atoms with Gasteiger partial charge < -0.3 is 0 Å². The minimum Gasteiger partial charge on any atom is -0.271 e. The molecule has 2 rings (SSSR count). The fourth-order valence-electron chi connectivity index (χ4n) is 1.96. The molecule has 19 heavy (non-hydrogen) atoms. The maximum Gasteiger partial charge on any atom is 0.0551 e. The van der Waals surface area contributed by atoms with Gasteiger partial charge in [-0.05, 0) is 52.5 Å². The van der Waals surface area contributed by atoms with Crippen molar-refractivity contribution in [2.45, 2.75) is 19.4 Å². The fraction of sp³-hybridized carbons (Fsp3) is 0.200. The number of hydrazine groups is 1. The van der Waals surface area contributed by atoms with Gasteiger partial charge in [-0.2, -0.15) is 0 Å². The molecule has 0 fully saturated rings. The lowest BCUT2D eigenvalue weighted by atomic mass is 9.99. The van der Waals surface area contributed by atoms with Crippen molar-refractivity contribution < 1.29 is 0 Å². The Labute approximate surface area is 127 Å². The van der Waals surface area contributed by atoms with Gasteiger partial charge in [-0.25, -0.2) is 0 Å². The second-order valence-electron chi connectivity index (χ2n) is 4.58. The molecule has 0 aliphatic carbocycles. The van der Waals surface area contributed by atoms with Crippen LogP contribution in [0.3, 0.4) is 0 Å². The zero-order valence-corrected chi connectivity index (χ0v) is 13.0. The van der Waals surface area contributed by atoms with E-state index < -0.39 is 0 Å². The van der Waals surface area contributed by atoms with Crippen molar-refractivity contribution in [1.29, 1.82) is 0 Å². The smallest absolute Gasteiger partial charge is 0.0551 e. The first kappa shape index (κ1) is 14.5. The van der Waals surface area contributed by atoms with E-state index in [9.17, 15) is 0 Å². The lowest BCUT2D eigenvalue weighted by Gasteiger charge is -2.17. The third-order valence-corrected chi connectivity index (χ3v) is 4.34. The average molecular weight is 340 g/mol. The monoisotopic (exact) mass is 338 g/mol. The first-order valence-electron chi connectivity index (χ1n) is 6.07. The molecular weight excluding hydrogens is 324 g/mol. The molecule has 0 aliphatic heterocycles. The highest BCUT2D eigenvalue weighted by atomic mass is 79.9. The maximum absolute atomic E-state index is 6.12. The number of halogens is 2. The number of hydrogen-bond donors (Lipinski definition) is 2. The largest absolute Gasteiger partial charge is 0.271 e. The number of hydrogen-bond acceptors (Lipinski definition) is 2. The van der Waals surface area contributed by atoms with Gasteiger partial charge in [0.2, 0.25) is 0 Å². The van der Waals surface area contributed by atoms with Crippen molar-refractivity contribution in [3.8, 4) is 0 Å². The van der Waals surface area contributed by atoms with E-state index in [0.29, 0.717) is 5.02 Å². The molecule has 3 N–H and O–H groups in total. The Kier molecular flexibility index (Phi) is 4.99. The number of rotatable bonds is 4. The average Bonchev–Trinajstić information content (AvgIpc) is 2.41. The predicted octanol–water partition coefficient (Wildman–Crippen LogP) is 4.16. The minimum absolute atomic E-state index is 0.0494. The Bertz CT molecular complexity index is 555.